The molecule has 2 rings (SSSR count). The highest BCUT2D eigenvalue weighted by atomic mass is 16.5. The molecular formula is C18H27N5O3. The first-order valence-electron chi connectivity index (χ1n) is 8.77. The van der Waals surface area contributed by atoms with Crippen molar-refractivity contribution in [2.75, 3.05) is 26.8 Å². The van der Waals surface area contributed by atoms with Crippen molar-refractivity contribution < 1.29 is 14.3 Å². The number of hydrogen-bond acceptors (Lipinski definition) is 5. The van der Waals surface area contributed by atoms with Crippen molar-refractivity contribution in [3.8, 4) is 0 Å². The van der Waals surface area contributed by atoms with E-state index in [4.69, 9.17) is 4.74 Å². The molecule has 2 N–H and O–H groups in total. The maximum atomic E-state index is 12.7. The fourth-order valence-corrected chi connectivity index (χ4v) is 2.51. The predicted octanol–water partition coefficient (Wildman–Crippen LogP) is 1.63. The molecule has 0 bridgehead atoms. The number of carbonyl (C=O) groups excluding carboxylic acids is 2. The highest BCUT2D eigenvalue weighted by Gasteiger charge is 2.19. The second kappa shape index (κ2) is 8.75. The second-order valence-electron chi connectivity index (χ2n) is 6.69. The fraction of sp³-hybridized carbons (Fsp3) is 0.556. The molecule has 0 aliphatic heterocycles. The Hall–Kier alpha value is -2.48. The summed E-state index contributed by atoms with van der Waals surface area (Å²) in [5.74, 6) is -0.411. The number of nitrogens with one attached hydrogen (secondary N) is 2. The molecule has 0 aliphatic carbocycles. The van der Waals surface area contributed by atoms with Crippen LogP contribution in [-0.2, 0) is 9.53 Å². The number of methoxy groups -OCH3 is 1. The van der Waals surface area contributed by atoms with E-state index in [0.717, 1.165) is 5.69 Å². The standard InChI is InChI=1S/C18H27N5O3/c1-11(2)15-8-13(14-9-21-23(12(3)4)17(14)22-15)18(25)20-10-16(24)19-6-7-26-5/h8-9,11-12H,6-7,10H2,1-5H3,(H,19,24)(H,20,25). The van der Waals surface area contributed by atoms with E-state index in [9.17, 15) is 9.59 Å². The lowest BCUT2D eigenvalue weighted by atomic mass is 10.0. The summed E-state index contributed by atoms with van der Waals surface area (Å²) < 4.78 is 6.68. The van der Waals surface area contributed by atoms with Crippen molar-refractivity contribution >= 4 is 22.8 Å². The number of fused-ring (bicyclic) bond motifs is 1. The van der Waals surface area contributed by atoms with Gasteiger partial charge in [0, 0.05) is 25.4 Å². The van der Waals surface area contributed by atoms with Gasteiger partial charge in [-0.05, 0) is 25.8 Å². The van der Waals surface area contributed by atoms with Crippen LogP contribution in [-0.4, -0.2) is 53.4 Å². The summed E-state index contributed by atoms with van der Waals surface area (Å²) in [6, 6.07) is 1.90. The summed E-state index contributed by atoms with van der Waals surface area (Å²) in [6.07, 6.45) is 1.65. The molecule has 0 fully saturated rings. The Kier molecular flexibility index (Phi) is 6.68. The lowest BCUT2D eigenvalue weighted by Crippen LogP contribution is -2.38. The molecule has 8 heteroatoms. The fourth-order valence-electron chi connectivity index (χ4n) is 2.51. The maximum absolute atomic E-state index is 12.7. The molecule has 0 atom stereocenters. The molecule has 2 heterocycles. The first kappa shape index (κ1) is 19.8. The minimum absolute atomic E-state index is 0.0955. The van der Waals surface area contributed by atoms with E-state index in [1.54, 1.807) is 24.1 Å². The van der Waals surface area contributed by atoms with Gasteiger partial charge in [0.05, 0.1) is 30.3 Å². The normalized spacial score (nSPS) is 11.3. The van der Waals surface area contributed by atoms with Crippen LogP contribution in [0.1, 0.15) is 55.7 Å². The summed E-state index contributed by atoms with van der Waals surface area (Å²) in [6.45, 7) is 8.81. The Balaban J connectivity index is 2.24. The zero-order valence-electron chi connectivity index (χ0n) is 16.0. The van der Waals surface area contributed by atoms with Gasteiger partial charge in [-0.2, -0.15) is 5.10 Å². The number of pyridine rings is 1. The Labute approximate surface area is 153 Å². The third kappa shape index (κ3) is 4.57. The Morgan fingerprint density at radius 1 is 1.23 bits per heavy atom. The molecule has 2 aromatic rings. The first-order valence-corrected chi connectivity index (χ1v) is 8.77. The van der Waals surface area contributed by atoms with Gasteiger partial charge in [-0.25, -0.2) is 9.67 Å². The van der Waals surface area contributed by atoms with Gasteiger partial charge >= 0.3 is 0 Å². The van der Waals surface area contributed by atoms with Crippen molar-refractivity contribution in [1.29, 1.82) is 0 Å². The SMILES string of the molecule is COCCNC(=O)CNC(=O)c1cc(C(C)C)nc2c1cnn2C(C)C. The average molecular weight is 361 g/mol. The van der Waals surface area contributed by atoms with E-state index in [2.05, 4.69) is 20.7 Å². The first-order chi connectivity index (χ1) is 12.3. The molecule has 0 saturated carbocycles. The van der Waals surface area contributed by atoms with E-state index in [-0.39, 0.29) is 30.3 Å². The van der Waals surface area contributed by atoms with Gasteiger partial charge in [0.1, 0.15) is 0 Å². The Morgan fingerprint density at radius 3 is 2.58 bits per heavy atom. The van der Waals surface area contributed by atoms with Crippen molar-refractivity contribution in [3.05, 3.63) is 23.5 Å². The van der Waals surface area contributed by atoms with Crippen molar-refractivity contribution in [2.24, 2.45) is 0 Å². The van der Waals surface area contributed by atoms with Crippen LogP contribution in [0.25, 0.3) is 11.0 Å². The molecule has 0 aliphatic rings. The van der Waals surface area contributed by atoms with Gasteiger partial charge in [0.15, 0.2) is 5.65 Å². The van der Waals surface area contributed by atoms with E-state index in [1.807, 2.05) is 27.7 Å². The molecule has 0 unspecified atom stereocenters. The van der Waals surface area contributed by atoms with E-state index in [1.165, 1.54) is 0 Å². The summed E-state index contributed by atoms with van der Waals surface area (Å²) in [5, 5.41) is 10.4. The van der Waals surface area contributed by atoms with Crippen LogP contribution in [0, 0.1) is 0 Å². The van der Waals surface area contributed by atoms with Crippen LogP contribution in [0.2, 0.25) is 0 Å². The van der Waals surface area contributed by atoms with Crippen LogP contribution < -0.4 is 10.6 Å². The number of amides is 2. The molecule has 0 saturated heterocycles. The highest BCUT2D eigenvalue weighted by molar-refractivity contribution is 6.06. The maximum Gasteiger partial charge on any atom is 0.252 e. The number of ether oxygens (including phenoxy) is 1. The van der Waals surface area contributed by atoms with Gasteiger partial charge in [0.2, 0.25) is 5.91 Å². The van der Waals surface area contributed by atoms with Crippen molar-refractivity contribution in [1.82, 2.24) is 25.4 Å². The smallest absolute Gasteiger partial charge is 0.252 e. The summed E-state index contributed by atoms with van der Waals surface area (Å²) >= 11 is 0. The highest BCUT2D eigenvalue weighted by Crippen LogP contribution is 2.24. The van der Waals surface area contributed by atoms with Gasteiger partial charge in [0.25, 0.3) is 5.91 Å². The van der Waals surface area contributed by atoms with Crippen LogP contribution in [0.15, 0.2) is 12.3 Å². The molecule has 142 valence electrons. The largest absolute Gasteiger partial charge is 0.383 e. The molecule has 26 heavy (non-hydrogen) atoms. The number of nitrogens with zero attached hydrogens (tertiary/aromatic N) is 3. The van der Waals surface area contributed by atoms with Gasteiger partial charge < -0.3 is 15.4 Å². The van der Waals surface area contributed by atoms with Gasteiger partial charge in [-0.3, -0.25) is 9.59 Å². The molecule has 0 aromatic carbocycles. The minimum atomic E-state index is -0.315. The minimum Gasteiger partial charge on any atom is -0.383 e. The van der Waals surface area contributed by atoms with E-state index < -0.39 is 0 Å². The van der Waals surface area contributed by atoms with Gasteiger partial charge in [-0.15, -0.1) is 0 Å². The Bertz CT molecular complexity index is 782. The summed E-state index contributed by atoms with van der Waals surface area (Å²) in [5.41, 5.74) is 1.98. The van der Waals surface area contributed by atoms with E-state index >= 15 is 0 Å². The molecule has 2 amide bonds. The molecule has 0 radical (unpaired) electrons. The zero-order chi connectivity index (χ0) is 19.3. The molecule has 8 nitrogen and oxygen atoms in total. The zero-order valence-corrected chi connectivity index (χ0v) is 16.0. The quantitative estimate of drug-likeness (QED) is 0.697. The van der Waals surface area contributed by atoms with Crippen molar-refractivity contribution in [3.63, 3.8) is 0 Å². The third-order valence-corrected chi connectivity index (χ3v) is 3.95. The second-order valence-corrected chi connectivity index (χ2v) is 6.69. The van der Waals surface area contributed by atoms with E-state index in [0.29, 0.717) is 29.7 Å². The summed E-state index contributed by atoms with van der Waals surface area (Å²) in [4.78, 5) is 29.1. The van der Waals surface area contributed by atoms with Crippen LogP contribution in [0.4, 0.5) is 0 Å². The van der Waals surface area contributed by atoms with Crippen LogP contribution >= 0.6 is 0 Å². The van der Waals surface area contributed by atoms with Crippen LogP contribution in [0.5, 0.6) is 0 Å². The number of carbonyl (C=O) groups is 2. The average Bonchev–Trinajstić information content (AvgIpc) is 3.03. The third-order valence-electron chi connectivity index (χ3n) is 3.95. The Morgan fingerprint density at radius 2 is 1.96 bits per heavy atom. The van der Waals surface area contributed by atoms with Gasteiger partial charge in [-0.1, -0.05) is 13.8 Å². The molecule has 2 aromatic heterocycles. The van der Waals surface area contributed by atoms with Crippen LogP contribution in [0.3, 0.4) is 0 Å². The number of aromatic nitrogens is 3. The monoisotopic (exact) mass is 361 g/mol. The number of rotatable bonds is 8. The van der Waals surface area contributed by atoms with Crippen molar-refractivity contribution in [2.45, 2.75) is 39.7 Å². The topological polar surface area (TPSA) is 98.1 Å². The lowest BCUT2D eigenvalue weighted by molar-refractivity contribution is -0.120. The predicted molar refractivity (Wildman–Crippen MR) is 99.2 cm³/mol. The number of hydrogen-bond donors (Lipinski definition) is 2. The lowest BCUT2D eigenvalue weighted by Gasteiger charge is -2.12. The molecular weight excluding hydrogens is 334 g/mol. The summed E-state index contributed by atoms with van der Waals surface area (Å²) in [7, 11) is 1.56. The molecule has 0 spiro atoms.